The molecule has 0 aliphatic carbocycles. The predicted octanol–water partition coefficient (Wildman–Crippen LogP) is 2.22. The van der Waals surface area contributed by atoms with Gasteiger partial charge in [0, 0.05) is 27.4 Å². The molecule has 1 rings (SSSR count). The first kappa shape index (κ1) is 18.6. The molecule has 22 heavy (non-hydrogen) atoms. The van der Waals surface area contributed by atoms with Gasteiger partial charge in [-0.15, -0.1) is 0 Å². The smallest absolute Gasteiger partial charge is 0.242 e. The number of hydrogen-bond acceptors (Lipinski definition) is 5. The van der Waals surface area contributed by atoms with Crippen molar-refractivity contribution in [2.75, 3.05) is 16.8 Å². The lowest BCUT2D eigenvalue weighted by Gasteiger charge is -2.19. The van der Waals surface area contributed by atoms with Crippen LogP contribution in [0.5, 0.6) is 0 Å². The van der Waals surface area contributed by atoms with Gasteiger partial charge in [0.25, 0.3) is 0 Å². The van der Waals surface area contributed by atoms with E-state index >= 15 is 0 Å². The number of amides is 1. The highest BCUT2D eigenvalue weighted by atomic mass is 32.2. The van der Waals surface area contributed by atoms with Gasteiger partial charge in [0.15, 0.2) is 0 Å². The molecule has 6 nitrogen and oxygen atoms in total. The summed E-state index contributed by atoms with van der Waals surface area (Å²) in [5.74, 6) is 0.539. The van der Waals surface area contributed by atoms with Crippen molar-refractivity contribution in [3.05, 3.63) is 24.4 Å². The summed E-state index contributed by atoms with van der Waals surface area (Å²) < 4.78 is 20.1. The van der Waals surface area contributed by atoms with Gasteiger partial charge in [0.2, 0.25) is 5.91 Å². The summed E-state index contributed by atoms with van der Waals surface area (Å²) in [5.41, 5.74) is 5.85. The van der Waals surface area contributed by atoms with Crippen molar-refractivity contribution in [1.29, 1.82) is 4.78 Å². The molecule has 0 aliphatic heterocycles. The number of nitrogens with one attached hydrogen (secondary N) is 2. The normalized spacial score (nSPS) is 15.8. The molecule has 1 heterocycles. The molecule has 0 aliphatic rings. The lowest BCUT2D eigenvalue weighted by atomic mass is 9.94. The van der Waals surface area contributed by atoms with Crippen LogP contribution in [-0.4, -0.2) is 32.6 Å². The van der Waals surface area contributed by atoms with Crippen LogP contribution >= 0.6 is 0 Å². The van der Waals surface area contributed by atoms with Gasteiger partial charge in [-0.1, -0.05) is 26.8 Å². The molecule has 1 aromatic rings. The Bertz CT molecular complexity index is 579. The van der Waals surface area contributed by atoms with Crippen LogP contribution < -0.4 is 11.1 Å². The van der Waals surface area contributed by atoms with Gasteiger partial charge in [-0.2, -0.15) is 0 Å². The van der Waals surface area contributed by atoms with Crippen LogP contribution in [0.15, 0.2) is 24.4 Å². The van der Waals surface area contributed by atoms with Crippen LogP contribution in [0, 0.1) is 10.2 Å². The molecule has 0 bridgehead atoms. The highest BCUT2D eigenvalue weighted by Gasteiger charge is 2.19. The Hall–Kier alpha value is -1.47. The molecule has 1 amide bonds. The zero-order valence-electron chi connectivity index (χ0n) is 13.5. The van der Waals surface area contributed by atoms with Crippen LogP contribution in [0.4, 0.5) is 5.82 Å². The number of carbonyl (C=O) groups excluding carboxylic acids is 1. The third-order valence-electron chi connectivity index (χ3n) is 3.19. The van der Waals surface area contributed by atoms with Crippen LogP contribution in [-0.2, 0) is 14.5 Å². The monoisotopic (exact) mass is 326 g/mol. The van der Waals surface area contributed by atoms with Crippen molar-refractivity contribution < 1.29 is 9.00 Å². The maximum absolute atomic E-state index is 12.2. The van der Waals surface area contributed by atoms with Crippen molar-refractivity contribution in [2.45, 2.75) is 39.7 Å². The number of nitrogens with zero attached hydrogens (tertiary/aromatic N) is 1. The largest absolute Gasteiger partial charge is 0.320 e. The lowest BCUT2D eigenvalue weighted by Crippen LogP contribution is -2.37. The second kappa shape index (κ2) is 7.69. The Labute approximate surface area is 132 Å². The van der Waals surface area contributed by atoms with Gasteiger partial charge in [-0.3, -0.25) is 9.57 Å². The van der Waals surface area contributed by atoms with Crippen molar-refractivity contribution in [3.63, 3.8) is 0 Å². The maximum atomic E-state index is 12.2. The first-order chi connectivity index (χ1) is 10.1. The summed E-state index contributed by atoms with van der Waals surface area (Å²) in [5, 5.41) is 2.61. The summed E-state index contributed by atoms with van der Waals surface area (Å²) in [4.78, 5) is 15.9. The minimum Gasteiger partial charge on any atom is -0.320 e. The zero-order valence-corrected chi connectivity index (χ0v) is 14.3. The molecule has 0 saturated carbocycles. The molecular weight excluding hydrogens is 300 g/mol. The Morgan fingerprint density at radius 2 is 2.09 bits per heavy atom. The van der Waals surface area contributed by atoms with E-state index in [9.17, 15) is 9.00 Å². The van der Waals surface area contributed by atoms with Gasteiger partial charge in [-0.05, 0) is 30.4 Å². The minimum atomic E-state index is -2.69. The van der Waals surface area contributed by atoms with E-state index in [1.807, 2.05) is 0 Å². The first-order valence-electron chi connectivity index (χ1n) is 7.31. The highest BCUT2D eigenvalue weighted by Crippen LogP contribution is 2.20. The van der Waals surface area contributed by atoms with Crippen LogP contribution in [0.3, 0.4) is 0 Å². The van der Waals surface area contributed by atoms with E-state index in [1.54, 1.807) is 24.4 Å². The molecule has 1 aromatic heterocycles. The number of pyridine rings is 1. The summed E-state index contributed by atoms with van der Waals surface area (Å²) in [6.07, 6.45) is 2.51. The zero-order chi connectivity index (χ0) is 16.8. The third kappa shape index (κ3) is 7.51. The summed E-state index contributed by atoms with van der Waals surface area (Å²) in [6, 6.07) is 4.39. The molecule has 7 heteroatoms. The quantitative estimate of drug-likeness (QED) is 0.713. The fourth-order valence-corrected chi connectivity index (χ4v) is 3.46. The molecule has 0 spiro atoms. The van der Waals surface area contributed by atoms with E-state index in [0.29, 0.717) is 18.0 Å². The number of carbonyl (C=O) groups is 1. The van der Waals surface area contributed by atoms with E-state index < -0.39 is 15.8 Å². The number of nitrogens with two attached hydrogens (primary N) is 1. The van der Waals surface area contributed by atoms with E-state index in [4.69, 9.17) is 10.5 Å². The van der Waals surface area contributed by atoms with E-state index in [-0.39, 0.29) is 23.5 Å². The second-order valence-electron chi connectivity index (χ2n) is 6.63. The molecular formula is C15H26N4O2S. The predicted molar refractivity (Wildman–Crippen MR) is 90.1 cm³/mol. The topological polar surface area (TPSA) is 109 Å². The SMILES string of the molecule is CC(C)(C)CCS(=N)(=O)CC[C@H](N)C(=O)Nc1ccccn1. The number of rotatable bonds is 7. The maximum Gasteiger partial charge on any atom is 0.242 e. The van der Waals surface area contributed by atoms with Crippen molar-refractivity contribution in [1.82, 2.24) is 4.98 Å². The fourth-order valence-electron chi connectivity index (χ4n) is 1.68. The average molecular weight is 326 g/mol. The van der Waals surface area contributed by atoms with Gasteiger partial charge in [0.05, 0.1) is 6.04 Å². The van der Waals surface area contributed by atoms with Crippen molar-refractivity contribution in [3.8, 4) is 0 Å². The third-order valence-corrected chi connectivity index (χ3v) is 4.95. The Balaban J connectivity index is 2.44. The van der Waals surface area contributed by atoms with Crippen LogP contribution in [0.2, 0.25) is 0 Å². The van der Waals surface area contributed by atoms with Gasteiger partial charge in [-0.25, -0.2) is 9.19 Å². The van der Waals surface area contributed by atoms with Gasteiger partial charge < -0.3 is 11.1 Å². The average Bonchev–Trinajstić information content (AvgIpc) is 2.43. The number of hydrogen-bond donors (Lipinski definition) is 3. The van der Waals surface area contributed by atoms with Crippen LogP contribution in [0.1, 0.15) is 33.6 Å². The number of aromatic nitrogens is 1. The Kier molecular flexibility index (Phi) is 6.49. The Morgan fingerprint density at radius 1 is 1.41 bits per heavy atom. The van der Waals surface area contributed by atoms with E-state index in [1.165, 1.54) is 0 Å². The molecule has 0 aromatic carbocycles. The molecule has 0 saturated heterocycles. The molecule has 4 N–H and O–H groups in total. The Morgan fingerprint density at radius 3 is 2.64 bits per heavy atom. The molecule has 0 fully saturated rings. The van der Waals surface area contributed by atoms with Crippen molar-refractivity contribution in [2.24, 2.45) is 11.1 Å². The van der Waals surface area contributed by atoms with Crippen molar-refractivity contribution >= 4 is 21.5 Å². The lowest BCUT2D eigenvalue weighted by molar-refractivity contribution is -0.117. The molecule has 124 valence electrons. The fraction of sp³-hybridized carbons (Fsp3) is 0.600. The van der Waals surface area contributed by atoms with E-state index in [0.717, 1.165) is 0 Å². The minimum absolute atomic E-state index is 0.0438. The summed E-state index contributed by atoms with van der Waals surface area (Å²) in [6.45, 7) is 6.15. The molecule has 0 radical (unpaired) electrons. The highest BCUT2D eigenvalue weighted by molar-refractivity contribution is 7.92. The van der Waals surface area contributed by atoms with Crippen LogP contribution in [0.25, 0.3) is 0 Å². The van der Waals surface area contributed by atoms with Gasteiger partial charge in [0.1, 0.15) is 5.82 Å². The second-order valence-corrected chi connectivity index (χ2v) is 9.07. The number of anilines is 1. The first-order valence-corrected chi connectivity index (χ1v) is 9.20. The molecule has 1 unspecified atom stereocenters. The summed E-state index contributed by atoms with van der Waals surface area (Å²) in [7, 11) is -2.69. The standard InChI is InChI=1S/C15H26N4O2S/c1-15(2,3)8-11-22(17,21)10-7-12(16)14(20)19-13-6-4-5-9-18-13/h4-6,9,12,17H,7-8,10-11,16H2,1-3H3,(H,18,19,20)/t12-,22?/m0/s1. The van der Waals surface area contributed by atoms with E-state index in [2.05, 4.69) is 31.1 Å². The summed E-state index contributed by atoms with van der Waals surface area (Å²) >= 11 is 0. The van der Waals surface area contributed by atoms with Gasteiger partial charge >= 0.3 is 0 Å². The molecule has 2 atom stereocenters.